The first-order valence-corrected chi connectivity index (χ1v) is 8.10. The van der Waals surface area contributed by atoms with Crippen molar-refractivity contribution in [1.82, 2.24) is 0 Å². The summed E-state index contributed by atoms with van der Waals surface area (Å²) in [6.45, 7) is 0. The van der Waals surface area contributed by atoms with E-state index in [0.717, 1.165) is 0 Å². The molecule has 0 fully saturated rings. The molecule has 0 heterocycles. The van der Waals surface area contributed by atoms with Gasteiger partial charge in [0.05, 0.1) is 0 Å². The molecule has 0 saturated carbocycles. The number of hydrogen-bond acceptors (Lipinski definition) is 0. The highest BCUT2D eigenvalue weighted by atomic mass is 32.1. The molecule has 3 aromatic rings. The van der Waals surface area contributed by atoms with E-state index < -0.39 is 7.25 Å². The van der Waals surface area contributed by atoms with Crippen molar-refractivity contribution in [1.29, 1.82) is 0 Å². The van der Waals surface area contributed by atoms with E-state index in [-0.39, 0.29) is 4.75 Å². The molecule has 0 bridgehead atoms. The molecule has 0 N–H and O–H groups in total. The summed E-state index contributed by atoms with van der Waals surface area (Å²) in [4.78, 5) is 0. The molecule has 0 amide bonds. The van der Waals surface area contributed by atoms with Gasteiger partial charge < -0.3 is 17.3 Å². The van der Waals surface area contributed by atoms with Crippen LogP contribution >= 0.6 is 0 Å². The fourth-order valence-electron chi connectivity index (χ4n) is 2.56. The second kappa shape index (κ2) is 8.25. The van der Waals surface area contributed by atoms with Crippen molar-refractivity contribution in [3.8, 4) is 0 Å². The average molecular weight is 364 g/mol. The number of hydrogen-bond donors (Lipinski definition) is 0. The Bertz CT molecular complexity index is 659. The summed E-state index contributed by atoms with van der Waals surface area (Å²) in [5, 5.41) is 0. The van der Waals surface area contributed by atoms with Crippen LogP contribution in [0.5, 0.6) is 0 Å². The van der Waals surface area contributed by atoms with Crippen molar-refractivity contribution in [2.75, 3.05) is 0 Å². The maximum Gasteiger partial charge on any atom is 0.673 e. The maximum absolute atomic E-state index is 9.75. The Morgan fingerprint density at radius 1 is 0.520 bits per heavy atom. The first-order valence-electron chi connectivity index (χ1n) is 7.60. The third-order valence-electron chi connectivity index (χ3n) is 3.62. The molecule has 3 rings (SSSR count). The van der Waals surface area contributed by atoms with Crippen LogP contribution in [0.3, 0.4) is 0 Å². The Labute approximate surface area is 150 Å². The van der Waals surface area contributed by atoms with Crippen LogP contribution in [0.2, 0.25) is 0 Å². The molecule has 0 radical (unpaired) electrons. The lowest BCUT2D eigenvalue weighted by atomic mass is 9.84. The molecular weight excluding hydrogens is 347 g/mol. The van der Waals surface area contributed by atoms with Crippen molar-refractivity contribution < 1.29 is 17.3 Å². The van der Waals surface area contributed by atoms with Crippen LogP contribution in [0, 0.1) is 0 Å². The van der Waals surface area contributed by atoms with Gasteiger partial charge in [-0.05, 0) is 12.6 Å². The van der Waals surface area contributed by atoms with Gasteiger partial charge in [-0.3, -0.25) is 0 Å². The molecule has 0 saturated heterocycles. The molecule has 25 heavy (non-hydrogen) atoms. The lowest BCUT2D eigenvalue weighted by Gasteiger charge is -2.24. The summed E-state index contributed by atoms with van der Waals surface area (Å²) in [5.74, 6) is 0. The molecule has 0 spiro atoms. The highest BCUT2D eigenvalue weighted by molar-refractivity contribution is 7.60. The van der Waals surface area contributed by atoms with Crippen molar-refractivity contribution in [3.63, 3.8) is 0 Å². The zero-order valence-electron chi connectivity index (χ0n) is 13.2. The Balaban J connectivity index is 0.000000399. The molecule has 3 aromatic carbocycles. The van der Waals surface area contributed by atoms with E-state index >= 15 is 0 Å². The summed E-state index contributed by atoms with van der Waals surface area (Å²) in [5.41, 5.74) is 3.69. The molecule has 130 valence electrons. The second-order valence-corrected chi connectivity index (χ2v) is 6.09. The Morgan fingerprint density at radius 3 is 0.920 bits per heavy atom. The van der Waals surface area contributed by atoms with Gasteiger partial charge in [0.25, 0.3) is 0 Å². The third-order valence-corrected chi connectivity index (χ3v) is 4.49. The normalized spacial score (nSPS) is 11.4. The zero-order chi connectivity index (χ0) is 18.3. The van der Waals surface area contributed by atoms with Crippen molar-refractivity contribution in [3.05, 3.63) is 108 Å². The van der Waals surface area contributed by atoms with E-state index in [2.05, 4.69) is 85.4 Å². The van der Waals surface area contributed by atoms with Gasteiger partial charge in [-0.15, -0.1) is 0 Å². The smallest absolute Gasteiger partial charge is 0.418 e. The van der Waals surface area contributed by atoms with Crippen LogP contribution in [0.25, 0.3) is 0 Å². The fourth-order valence-corrected chi connectivity index (χ4v) is 3.06. The molecule has 0 unspecified atom stereocenters. The molecule has 0 aromatic heterocycles. The number of halogens is 4. The van der Waals surface area contributed by atoms with Crippen LogP contribution < -0.4 is 0 Å². The van der Waals surface area contributed by atoms with E-state index in [1.165, 1.54) is 16.7 Å². The van der Waals surface area contributed by atoms with Crippen molar-refractivity contribution in [2.24, 2.45) is 0 Å². The van der Waals surface area contributed by atoms with Crippen molar-refractivity contribution >= 4 is 19.9 Å². The highest BCUT2D eigenvalue weighted by Crippen LogP contribution is 2.37. The minimum absolute atomic E-state index is 0.316. The SMILES string of the molecule is F[B-](F)(F)F.[SH2+]C(c1ccccc1)(c1ccccc1)c1ccccc1. The van der Waals surface area contributed by atoms with Gasteiger partial charge in [-0.25, -0.2) is 0 Å². The molecule has 0 atom stereocenters. The molecule has 6 heteroatoms. The monoisotopic (exact) mass is 364 g/mol. The van der Waals surface area contributed by atoms with Crippen molar-refractivity contribution in [2.45, 2.75) is 4.75 Å². The minimum atomic E-state index is -6.00. The van der Waals surface area contributed by atoms with Gasteiger partial charge in [0.15, 0.2) is 4.75 Å². The van der Waals surface area contributed by atoms with Gasteiger partial charge in [-0.1, -0.05) is 91.0 Å². The standard InChI is InChI=1S/C19H16S.BF4/c20-19(16-10-4-1-5-11-16,17-12-6-2-7-13-17)18-14-8-3-9-15-18;2-1(3,4)5/h1-15,20H;/q;-1/p+1. The van der Waals surface area contributed by atoms with E-state index in [9.17, 15) is 17.3 Å². The summed E-state index contributed by atoms with van der Waals surface area (Å²) >= 11 is 4.07. The number of rotatable bonds is 3. The average Bonchev–Trinajstić information content (AvgIpc) is 2.62. The summed E-state index contributed by atoms with van der Waals surface area (Å²) in [7, 11) is -6.00. The topological polar surface area (TPSA) is 0 Å². The quantitative estimate of drug-likeness (QED) is 0.256. The van der Waals surface area contributed by atoms with Crippen LogP contribution in [-0.2, 0) is 17.4 Å². The van der Waals surface area contributed by atoms with Gasteiger partial charge in [0, 0.05) is 16.7 Å². The first-order chi connectivity index (χ1) is 11.8. The maximum atomic E-state index is 9.75. The second-order valence-electron chi connectivity index (χ2n) is 5.34. The van der Waals surface area contributed by atoms with Crippen LogP contribution in [0.1, 0.15) is 16.7 Å². The third kappa shape index (κ3) is 5.39. The Morgan fingerprint density at radius 2 is 0.720 bits per heavy atom. The lowest BCUT2D eigenvalue weighted by Crippen LogP contribution is -2.26. The van der Waals surface area contributed by atoms with E-state index in [1.807, 2.05) is 18.2 Å². The van der Waals surface area contributed by atoms with Gasteiger partial charge in [-0.2, -0.15) is 0 Å². The predicted octanol–water partition coefficient (Wildman–Crippen LogP) is 5.29. The van der Waals surface area contributed by atoms with Crippen LogP contribution in [0.15, 0.2) is 91.0 Å². The largest absolute Gasteiger partial charge is 0.673 e. The molecular formula is C19H17BF4S. The van der Waals surface area contributed by atoms with Gasteiger partial charge in [0.2, 0.25) is 0 Å². The Kier molecular flexibility index (Phi) is 6.31. The highest BCUT2D eigenvalue weighted by Gasteiger charge is 2.38. The summed E-state index contributed by atoms with van der Waals surface area (Å²) in [6.07, 6.45) is 0. The Hall–Kier alpha value is -2.21. The van der Waals surface area contributed by atoms with Crippen LogP contribution in [-0.4, -0.2) is 7.25 Å². The lowest BCUT2D eigenvalue weighted by molar-refractivity contribution is 0.368. The summed E-state index contributed by atoms with van der Waals surface area (Å²) in [6, 6.07) is 31.6. The van der Waals surface area contributed by atoms with Gasteiger partial charge in [0.1, 0.15) is 0 Å². The van der Waals surface area contributed by atoms with Crippen LogP contribution in [0.4, 0.5) is 17.3 Å². The molecule has 0 nitrogen and oxygen atoms in total. The minimum Gasteiger partial charge on any atom is -0.418 e. The molecule has 0 aliphatic heterocycles. The fraction of sp³-hybridized carbons (Fsp3) is 0.0526. The van der Waals surface area contributed by atoms with Gasteiger partial charge >= 0.3 is 7.25 Å². The van der Waals surface area contributed by atoms with E-state index in [1.54, 1.807) is 0 Å². The molecule has 0 aliphatic carbocycles. The summed E-state index contributed by atoms with van der Waals surface area (Å²) < 4.78 is 38.7. The number of benzene rings is 3. The predicted molar refractivity (Wildman–Crippen MR) is 99.5 cm³/mol. The van der Waals surface area contributed by atoms with E-state index in [4.69, 9.17) is 0 Å². The van der Waals surface area contributed by atoms with E-state index in [0.29, 0.717) is 0 Å². The molecule has 0 aliphatic rings. The first kappa shape index (κ1) is 19.1. The zero-order valence-corrected chi connectivity index (χ0v) is 14.2.